The minimum absolute atomic E-state index is 0.282. The van der Waals surface area contributed by atoms with Crippen LogP contribution in [0.1, 0.15) is 6.92 Å². The topological polar surface area (TPSA) is 56.1 Å². The van der Waals surface area contributed by atoms with Crippen LogP contribution < -0.4 is 10.1 Å². The van der Waals surface area contributed by atoms with Crippen LogP contribution in [0.5, 0.6) is 5.75 Å². The average Bonchev–Trinajstić information content (AvgIpc) is 3.14. The molecule has 0 spiro atoms. The van der Waals surface area contributed by atoms with Crippen LogP contribution in [0.25, 0.3) is 5.69 Å². The molecule has 0 saturated heterocycles. The molecule has 1 aromatic heterocycles. The van der Waals surface area contributed by atoms with Crippen molar-refractivity contribution in [2.45, 2.75) is 13.0 Å². The van der Waals surface area contributed by atoms with Crippen molar-refractivity contribution in [3.8, 4) is 11.4 Å². The molecule has 7 heteroatoms. The molecule has 0 radical (unpaired) electrons. The number of amides is 1. The van der Waals surface area contributed by atoms with Gasteiger partial charge in [0.2, 0.25) is 0 Å². The van der Waals surface area contributed by atoms with Crippen LogP contribution in [0.2, 0.25) is 10.0 Å². The Hall–Kier alpha value is -2.50. The van der Waals surface area contributed by atoms with Gasteiger partial charge in [-0.1, -0.05) is 35.3 Å². The summed E-state index contributed by atoms with van der Waals surface area (Å²) in [4.78, 5) is 12.4. The Morgan fingerprint density at radius 3 is 2.76 bits per heavy atom. The summed E-state index contributed by atoms with van der Waals surface area (Å²) >= 11 is 12.0. The van der Waals surface area contributed by atoms with E-state index in [1.54, 1.807) is 42.1 Å². The lowest BCUT2D eigenvalue weighted by molar-refractivity contribution is -0.122. The summed E-state index contributed by atoms with van der Waals surface area (Å²) in [6.07, 6.45) is 2.77. The minimum Gasteiger partial charge on any atom is -0.479 e. The highest BCUT2D eigenvalue weighted by Gasteiger charge is 2.17. The second-order valence-electron chi connectivity index (χ2n) is 5.30. The average molecular weight is 376 g/mol. The number of ether oxygens (including phenoxy) is 1. The highest BCUT2D eigenvalue weighted by atomic mass is 35.5. The zero-order chi connectivity index (χ0) is 17.8. The number of nitrogens with one attached hydrogen (secondary N) is 1. The van der Waals surface area contributed by atoms with Crippen LogP contribution in [0, 0.1) is 0 Å². The third-order valence-electron chi connectivity index (χ3n) is 3.47. The van der Waals surface area contributed by atoms with E-state index in [-0.39, 0.29) is 10.9 Å². The van der Waals surface area contributed by atoms with Gasteiger partial charge in [0.05, 0.1) is 10.7 Å². The molecule has 1 unspecified atom stereocenters. The SMILES string of the molecule is CC(Oc1cccc(Cl)c1Cl)C(=O)Nc1cccc(-n2cccn2)c1. The van der Waals surface area contributed by atoms with Gasteiger partial charge in [-0.2, -0.15) is 5.10 Å². The second kappa shape index (κ2) is 7.59. The molecule has 0 fully saturated rings. The maximum atomic E-state index is 12.4. The van der Waals surface area contributed by atoms with E-state index in [4.69, 9.17) is 27.9 Å². The van der Waals surface area contributed by atoms with E-state index in [0.717, 1.165) is 5.69 Å². The van der Waals surface area contributed by atoms with Crippen LogP contribution in [-0.2, 0) is 4.79 Å². The standard InChI is InChI=1S/C18H15Cl2N3O2/c1-12(25-16-8-3-7-15(19)17(16)20)18(24)22-13-5-2-6-14(11-13)23-10-4-9-21-23/h2-12H,1H3,(H,22,24). The Morgan fingerprint density at radius 2 is 2.00 bits per heavy atom. The van der Waals surface area contributed by atoms with Crippen LogP contribution >= 0.6 is 23.2 Å². The molecule has 3 aromatic rings. The fraction of sp³-hybridized carbons (Fsp3) is 0.111. The number of carbonyl (C=O) groups excluding carboxylic acids is 1. The lowest BCUT2D eigenvalue weighted by atomic mass is 10.2. The summed E-state index contributed by atoms with van der Waals surface area (Å²) in [5, 5.41) is 7.64. The molecule has 1 heterocycles. The van der Waals surface area contributed by atoms with Gasteiger partial charge in [-0.25, -0.2) is 4.68 Å². The third kappa shape index (κ3) is 4.13. The number of halogens is 2. The van der Waals surface area contributed by atoms with Gasteiger partial charge >= 0.3 is 0 Å². The quantitative estimate of drug-likeness (QED) is 0.709. The van der Waals surface area contributed by atoms with Crippen LogP contribution in [0.4, 0.5) is 5.69 Å². The third-order valence-corrected chi connectivity index (χ3v) is 4.27. The molecule has 3 rings (SSSR count). The first kappa shape index (κ1) is 17.3. The van der Waals surface area contributed by atoms with Gasteiger partial charge in [0.15, 0.2) is 6.10 Å². The lowest BCUT2D eigenvalue weighted by Gasteiger charge is -2.16. The second-order valence-corrected chi connectivity index (χ2v) is 6.09. The number of anilines is 1. The zero-order valence-electron chi connectivity index (χ0n) is 13.3. The molecule has 1 atom stereocenters. The maximum absolute atomic E-state index is 12.4. The normalized spacial score (nSPS) is 11.8. The number of nitrogens with zero attached hydrogens (tertiary/aromatic N) is 2. The molecule has 0 aliphatic rings. The van der Waals surface area contributed by atoms with Crippen molar-refractivity contribution in [2.75, 3.05) is 5.32 Å². The minimum atomic E-state index is -0.746. The van der Waals surface area contributed by atoms with E-state index in [1.165, 1.54) is 0 Å². The predicted molar refractivity (Wildman–Crippen MR) is 98.7 cm³/mol. The van der Waals surface area contributed by atoms with Crippen LogP contribution in [-0.4, -0.2) is 21.8 Å². The van der Waals surface area contributed by atoms with E-state index in [1.807, 2.05) is 30.5 Å². The summed E-state index contributed by atoms with van der Waals surface area (Å²) < 4.78 is 7.33. The number of aromatic nitrogens is 2. The summed E-state index contributed by atoms with van der Waals surface area (Å²) in [6, 6.07) is 14.2. The Bertz CT molecular complexity index is 882. The Balaban J connectivity index is 1.69. The van der Waals surface area contributed by atoms with E-state index >= 15 is 0 Å². The molecule has 1 amide bonds. The van der Waals surface area contributed by atoms with E-state index in [9.17, 15) is 4.79 Å². The highest BCUT2D eigenvalue weighted by Crippen LogP contribution is 2.32. The molecule has 5 nitrogen and oxygen atoms in total. The van der Waals surface area contributed by atoms with Gasteiger partial charge in [0.25, 0.3) is 5.91 Å². The fourth-order valence-corrected chi connectivity index (χ4v) is 2.55. The molecule has 25 heavy (non-hydrogen) atoms. The van der Waals surface area contributed by atoms with Crippen LogP contribution in [0.3, 0.4) is 0 Å². The van der Waals surface area contributed by atoms with Gasteiger partial charge in [-0.3, -0.25) is 4.79 Å². The van der Waals surface area contributed by atoms with Crippen molar-refractivity contribution in [1.82, 2.24) is 9.78 Å². The Kier molecular flexibility index (Phi) is 5.26. The van der Waals surface area contributed by atoms with Crippen molar-refractivity contribution in [1.29, 1.82) is 0 Å². The zero-order valence-corrected chi connectivity index (χ0v) is 14.8. The molecular weight excluding hydrogens is 361 g/mol. The van der Waals surface area contributed by atoms with Gasteiger partial charge in [0, 0.05) is 18.1 Å². The molecular formula is C18H15Cl2N3O2. The number of hydrogen-bond acceptors (Lipinski definition) is 3. The first-order valence-electron chi connectivity index (χ1n) is 7.56. The van der Waals surface area contributed by atoms with E-state index in [2.05, 4.69) is 10.4 Å². The van der Waals surface area contributed by atoms with E-state index in [0.29, 0.717) is 16.5 Å². The van der Waals surface area contributed by atoms with Crippen molar-refractivity contribution >= 4 is 34.8 Å². The molecule has 128 valence electrons. The summed E-state index contributed by atoms with van der Waals surface area (Å²) in [5.74, 6) is 0.0655. The number of benzene rings is 2. The monoisotopic (exact) mass is 375 g/mol. The number of rotatable bonds is 5. The molecule has 0 bridgehead atoms. The van der Waals surface area contributed by atoms with Gasteiger partial charge in [-0.15, -0.1) is 0 Å². The smallest absolute Gasteiger partial charge is 0.265 e. The molecule has 0 saturated carbocycles. The van der Waals surface area contributed by atoms with Gasteiger partial charge < -0.3 is 10.1 Å². The van der Waals surface area contributed by atoms with Crippen molar-refractivity contribution < 1.29 is 9.53 Å². The lowest BCUT2D eigenvalue weighted by Crippen LogP contribution is -2.30. The molecule has 0 aliphatic heterocycles. The summed E-state index contributed by atoms with van der Waals surface area (Å²) in [7, 11) is 0. The van der Waals surface area contributed by atoms with Crippen LogP contribution in [0.15, 0.2) is 60.9 Å². The first-order chi connectivity index (χ1) is 12.0. The molecule has 0 aliphatic carbocycles. The first-order valence-corrected chi connectivity index (χ1v) is 8.32. The number of hydrogen-bond donors (Lipinski definition) is 1. The predicted octanol–water partition coefficient (Wildman–Crippen LogP) is 4.59. The largest absolute Gasteiger partial charge is 0.479 e. The summed E-state index contributed by atoms with van der Waals surface area (Å²) in [6.45, 7) is 1.64. The Labute approximate surface area is 155 Å². The maximum Gasteiger partial charge on any atom is 0.265 e. The summed E-state index contributed by atoms with van der Waals surface area (Å²) in [5.41, 5.74) is 1.49. The fourth-order valence-electron chi connectivity index (χ4n) is 2.21. The van der Waals surface area contributed by atoms with Crippen molar-refractivity contribution in [2.24, 2.45) is 0 Å². The number of carbonyl (C=O) groups is 1. The van der Waals surface area contributed by atoms with Gasteiger partial charge in [-0.05, 0) is 43.3 Å². The van der Waals surface area contributed by atoms with E-state index < -0.39 is 6.10 Å². The van der Waals surface area contributed by atoms with Crippen molar-refractivity contribution in [3.05, 3.63) is 71.0 Å². The molecule has 2 aromatic carbocycles. The Morgan fingerprint density at radius 1 is 1.20 bits per heavy atom. The highest BCUT2D eigenvalue weighted by molar-refractivity contribution is 6.42. The van der Waals surface area contributed by atoms with Crippen molar-refractivity contribution in [3.63, 3.8) is 0 Å². The molecule has 1 N–H and O–H groups in total. The van der Waals surface area contributed by atoms with Gasteiger partial charge in [0.1, 0.15) is 10.8 Å².